The zero-order chi connectivity index (χ0) is 18.0. The average molecular weight is 347 g/mol. The molecule has 2 N–H and O–H groups in total. The second-order valence-electron chi connectivity index (χ2n) is 5.13. The monoisotopic (exact) mass is 347 g/mol. The van der Waals surface area contributed by atoms with Crippen molar-refractivity contribution in [3.63, 3.8) is 0 Å². The molecule has 25 heavy (non-hydrogen) atoms. The molecule has 6 nitrogen and oxygen atoms in total. The van der Waals surface area contributed by atoms with E-state index >= 15 is 0 Å². The van der Waals surface area contributed by atoms with E-state index in [-0.39, 0.29) is 22.9 Å². The molecular weight excluding hydrogens is 335 g/mol. The number of carbonyl (C=O) groups is 1. The number of aromatic nitrogens is 3. The van der Waals surface area contributed by atoms with Crippen molar-refractivity contribution < 1.29 is 18.0 Å². The zero-order valence-corrected chi connectivity index (χ0v) is 12.9. The molecule has 0 spiro atoms. The smallest absolute Gasteiger partial charge is 0.279 e. The minimum Gasteiger partial charge on any atom is -0.350 e. The van der Waals surface area contributed by atoms with Gasteiger partial charge in [0.2, 0.25) is 0 Å². The minimum absolute atomic E-state index is 0.0581. The van der Waals surface area contributed by atoms with Gasteiger partial charge in [0.05, 0.1) is 17.6 Å². The fourth-order valence-corrected chi connectivity index (χ4v) is 2.11. The number of pyridine rings is 1. The van der Waals surface area contributed by atoms with E-state index in [0.29, 0.717) is 0 Å². The summed E-state index contributed by atoms with van der Waals surface area (Å²) in [6.45, 7) is 0. The molecule has 1 amide bonds. The van der Waals surface area contributed by atoms with Crippen molar-refractivity contribution in [3.05, 3.63) is 65.9 Å². The number of aryl methyl sites for hydroxylation is 1. The predicted molar refractivity (Wildman–Crippen MR) is 85.0 cm³/mol. The molecule has 0 aliphatic rings. The largest absolute Gasteiger partial charge is 0.350 e. The minimum atomic E-state index is -0.684. The topological polar surface area (TPSA) is 71.8 Å². The highest BCUT2D eigenvalue weighted by molar-refractivity contribution is 6.06. The summed E-state index contributed by atoms with van der Waals surface area (Å²) in [6, 6.07) is 5.34. The van der Waals surface area contributed by atoms with Gasteiger partial charge in [0, 0.05) is 19.3 Å². The number of benzene rings is 1. The third-order valence-corrected chi connectivity index (χ3v) is 3.21. The molecule has 0 fully saturated rings. The first-order chi connectivity index (χ1) is 11.9. The van der Waals surface area contributed by atoms with Gasteiger partial charge in [-0.05, 0) is 24.3 Å². The Morgan fingerprint density at radius 3 is 2.56 bits per heavy atom. The van der Waals surface area contributed by atoms with Crippen molar-refractivity contribution in [2.75, 3.05) is 10.6 Å². The molecule has 2 aromatic heterocycles. The lowest BCUT2D eigenvalue weighted by molar-refractivity contribution is 0.102. The molecular formula is C16H12F3N5O. The summed E-state index contributed by atoms with van der Waals surface area (Å²) >= 11 is 0. The Morgan fingerprint density at radius 2 is 1.84 bits per heavy atom. The van der Waals surface area contributed by atoms with Gasteiger partial charge in [-0.25, -0.2) is 18.2 Å². The summed E-state index contributed by atoms with van der Waals surface area (Å²) in [5.74, 6) is -2.37. The molecule has 0 unspecified atom stereocenters. The second kappa shape index (κ2) is 6.63. The van der Waals surface area contributed by atoms with Crippen LogP contribution in [0.25, 0.3) is 0 Å². The van der Waals surface area contributed by atoms with Crippen LogP contribution in [0.15, 0.2) is 42.7 Å². The summed E-state index contributed by atoms with van der Waals surface area (Å²) in [6.07, 6.45) is 2.40. The van der Waals surface area contributed by atoms with Gasteiger partial charge in [-0.3, -0.25) is 9.48 Å². The number of nitrogens with zero attached hydrogens (tertiary/aromatic N) is 3. The highest BCUT2D eigenvalue weighted by Crippen LogP contribution is 2.24. The van der Waals surface area contributed by atoms with E-state index in [0.717, 1.165) is 30.5 Å². The molecule has 128 valence electrons. The first-order valence-corrected chi connectivity index (χ1v) is 7.11. The van der Waals surface area contributed by atoms with Gasteiger partial charge in [-0.15, -0.1) is 0 Å². The Hall–Kier alpha value is -3.36. The predicted octanol–water partition coefficient (Wildman–Crippen LogP) is 3.23. The molecule has 1 aromatic carbocycles. The summed E-state index contributed by atoms with van der Waals surface area (Å²) in [5, 5.41) is 9.09. The van der Waals surface area contributed by atoms with Gasteiger partial charge >= 0.3 is 0 Å². The Balaban J connectivity index is 1.86. The number of anilines is 3. The quantitative estimate of drug-likeness (QED) is 0.760. The van der Waals surface area contributed by atoms with E-state index in [2.05, 4.69) is 20.7 Å². The Labute approximate surface area is 140 Å². The first kappa shape index (κ1) is 16.5. The van der Waals surface area contributed by atoms with Crippen LogP contribution in [0.3, 0.4) is 0 Å². The molecule has 0 atom stereocenters. The van der Waals surface area contributed by atoms with Crippen molar-refractivity contribution >= 4 is 23.1 Å². The zero-order valence-electron chi connectivity index (χ0n) is 12.9. The summed E-state index contributed by atoms with van der Waals surface area (Å²) in [4.78, 5) is 16.1. The Morgan fingerprint density at radius 1 is 1.08 bits per heavy atom. The third kappa shape index (κ3) is 3.77. The lowest BCUT2D eigenvalue weighted by Gasteiger charge is -2.08. The maximum atomic E-state index is 13.8. The molecule has 0 radical (unpaired) electrons. The van der Waals surface area contributed by atoms with Crippen molar-refractivity contribution in [3.8, 4) is 0 Å². The molecule has 9 heteroatoms. The fraction of sp³-hybridized carbons (Fsp3) is 0.0625. The first-order valence-electron chi connectivity index (χ1n) is 7.11. The van der Waals surface area contributed by atoms with E-state index < -0.39 is 23.4 Å². The van der Waals surface area contributed by atoms with Gasteiger partial charge in [-0.2, -0.15) is 5.10 Å². The molecule has 3 rings (SSSR count). The van der Waals surface area contributed by atoms with Crippen LogP contribution in [0.5, 0.6) is 0 Å². The van der Waals surface area contributed by atoms with Crippen LogP contribution >= 0.6 is 0 Å². The van der Waals surface area contributed by atoms with Crippen molar-refractivity contribution in [2.45, 2.75) is 0 Å². The fourth-order valence-electron chi connectivity index (χ4n) is 2.11. The molecule has 3 aromatic rings. The molecule has 0 saturated carbocycles. The van der Waals surface area contributed by atoms with E-state index in [9.17, 15) is 18.0 Å². The van der Waals surface area contributed by atoms with Crippen LogP contribution in [-0.2, 0) is 7.05 Å². The standard InChI is InChI=1S/C16H12F3N5O/c1-24-8-13(21-12-6-9(17)2-4-11(12)19)15(23-24)16(25)22-14-5-3-10(18)7-20-14/h2-8,21H,1H3,(H,20,22,25). The molecule has 0 saturated heterocycles. The van der Waals surface area contributed by atoms with E-state index in [4.69, 9.17) is 0 Å². The summed E-state index contributed by atoms with van der Waals surface area (Å²) in [5.41, 5.74) is -0.0224. The molecule has 2 heterocycles. The Kier molecular flexibility index (Phi) is 4.38. The van der Waals surface area contributed by atoms with E-state index in [1.807, 2.05) is 0 Å². The number of hydrogen-bond donors (Lipinski definition) is 2. The highest BCUT2D eigenvalue weighted by atomic mass is 19.1. The number of halogens is 3. The maximum Gasteiger partial charge on any atom is 0.279 e. The molecule has 0 bridgehead atoms. The van der Waals surface area contributed by atoms with Gasteiger partial charge in [0.15, 0.2) is 5.69 Å². The van der Waals surface area contributed by atoms with Crippen LogP contribution in [0, 0.1) is 17.5 Å². The summed E-state index contributed by atoms with van der Waals surface area (Å²) in [7, 11) is 1.57. The number of carbonyl (C=O) groups excluding carboxylic acids is 1. The number of amides is 1. The lowest BCUT2D eigenvalue weighted by Crippen LogP contribution is -2.15. The van der Waals surface area contributed by atoms with E-state index in [1.54, 1.807) is 7.05 Å². The van der Waals surface area contributed by atoms with Crippen molar-refractivity contribution in [1.29, 1.82) is 0 Å². The number of rotatable bonds is 4. The van der Waals surface area contributed by atoms with Crippen LogP contribution in [0.4, 0.5) is 30.4 Å². The maximum absolute atomic E-state index is 13.8. The van der Waals surface area contributed by atoms with Crippen LogP contribution in [-0.4, -0.2) is 20.7 Å². The lowest BCUT2D eigenvalue weighted by atomic mass is 10.2. The van der Waals surface area contributed by atoms with Crippen LogP contribution in [0.2, 0.25) is 0 Å². The second-order valence-corrected chi connectivity index (χ2v) is 5.13. The van der Waals surface area contributed by atoms with Crippen molar-refractivity contribution in [1.82, 2.24) is 14.8 Å². The van der Waals surface area contributed by atoms with Crippen LogP contribution in [0.1, 0.15) is 10.5 Å². The van der Waals surface area contributed by atoms with Gasteiger partial charge in [0.1, 0.15) is 23.3 Å². The SMILES string of the molecule is Cn1cc(Nc2cc(F)ccc2F)c(C(=O)Nc2ccc(F)cn2)n1. The Bertz CT molecular complexity index is 924. The van der Waals surface area contributed by atoms with Gasteiger partial charge in [0.25, 0.3) is 5.91 Å². The number of hydrogen-bond acceptors (Lipinski definition) is 4. The highest BCUT2D eigenvalue weighted by Gasteiger charge is 2.18. The molecule has 0 aliphatic heterocycles. The summed E-state index contributed by atoms with van der Waals surface area (Å²) < 4.78 is 41.3. The normalized spacial score (nSPS) is 10.6. The van der Waals surface area contributed by atoms with Gasteiger partial charge < -0.3 is 10.6 Å². The van der Waals surface area contributed by atoms with Crippen molar-refractivity contribution in [2.24, 2.45) is 7.05 Å². The van der Waals surface area contributed by atoms with E-state index in [1.165, 1.54) is 16.9 Å². The molecule has 0 aliphatic carbocycles. The number of nitrogens with one attached hydrogen (secondary N) is 2. The average Bonchev–Trinajstić information content (AvgIpc) is 2.94. The van der Waals surface area contributed by atoms with Gasteiger partial charge in [-0.1, -0.05) is 0 Å². The van der Waals surface area contributed by atoms with Crippen LogP contribution < -0.4 is 10.6 Å². The third-order valence-electron chi connectivity index (χ3n) is 3.21.